The molecule has 0 aromatic carbocycles. The van der Waals surface area contributed by atoms with Crippen molar-refractivity contribution in [3.8, 4) is 0 Å². The lowest BCUT2D eigenvalue weighted by Crippen LogP contribution is -2.35. The summed E-state index contributed by atoms with van der Waals surface area (Å²) in [6.07, 6.45) is 2.01. The van der Waals surface area contributed by atoms with E-state index in [1.165, 1.54) is 6.08 Å². The van der Waals surface area contributed by atoms with Gasteiger partial charge in [0, 0.05) is 12.7 Å². The van der Waals surface area contributed by atoms with Gasteiger partial charge in [-0.2, -0.15) is 0 Å². The Morgan fingerprint density at radius 2 is 2.13 bits per heavy atom. The average molecular weight is 230 g/mol. The number of ether oxygens (including phenoxy) is 1. The molecule has 0 aliphatic rings. The van der Waals surface area contributed by atoms with Gasteiger partial charge in [0.05, 0.1) is 0 Å². The van der Waals surface area contributed by atoms with Gasteiger partial charge in [-0.25, -0.2) is 4.79 Å². The van der Waals surface area contributed by atoms with Crippen LogP contribution < -0.4 is 0 Å². The molecule has 0 saturated heterocycles. The van der Waals surface area contributed by atoms with E-state index in [0.717, 1.165) is 13.0 Å². The molecular formula is C11H22O3Si. The van der Waals surface area contributed by atoms with Crippen LogP contribution >= 0.6 is 0 Å². The predicted octanol–water partition coefficient (Wildman–Crippen LogP) is 2.06. The molecule has 0 bridgehead atoms. The quantitative estimate of drug-likeness (QED) is 0.381. The van der Waals surface area contributed by atoms with E-state index in [1.54, 1.807) is 0 Å². The SMILES string of the molecule is C=CC(=O)OC(CC)[SiH](C)OCC(C)C. The second-order valence-electron chi connectivity index (χ2n) is 4.02. The third-order valence-electron chi connectivity index (χ3n) is 2.05. The fourth-order valence-corrected chi connectivity index (χ4v) is 3.05. The van der Waals surface area contributed by atoms with Crippen LogP contribution in [0.4, 0.5) is 0 Å². The van der Waals surface area contributed by atoms with E-state index in [0.29, 0.717) is 5.92 Å². The number of hydrogen-bond donors (Lipinski definition) is 0. The fourth-order valence-electron chi connectivity index (χ4n) is 1.16. The van der Waals surface area contributed by atoms with Crippen LogP contribution in [-0.4, -0.2) is 27.3 Å². The molecule has 0 amide bonds. The maximum atomic E-state index is 11.1. The lowest BCUT2D eigenvalue weighted by molar-refractivity contribution is -0.140. The van der Waals surface area contributed by atoms with Gasteiger partial charge >= 0.3 is 5.97 Å². The first-order valence-electron chi connectivity index (χ1n) is 5.45. The van der Waals surface area contributed by atoms with E-state index < -0.39 is 9.04 Å². The number of carbonyl (C=O) groups is 1. The highest BCUT2D eigenvalue weighted by Crippen LogP contribution is 2.07. The van der Waals surface area contributed by atoms with Crippen LogP contribution in [-0.2, 0) is 14.0 Å². The van der Waals surface area contributed by atoms with E-state index in [2.05, 4.69) is 27.0 Å². The van der Waals surface area contributed by atoms with Gasteiger partial charge in [-0.15, -0.1) is 0 Å². The highest BCUT2D eigenvalue weighted by molar-refractivity contribution is 6.52. The second kappa shape index (κ2) is 7.65. The molecule has 0 saturated carbocycles. The molecule has 0 aliphatic heterocycles. The maximum Gasteiger partial charge on any atom is 0.330 e. The first-order chi connectivity index (χ1) is 7.01. The standard InChI is InChI=1S/C11H22O3Si/c1-6-10(12)14-11(7-2)15(5)13-8-9(3)4/h6,9,11,15H,1,7-8H2,2-5H3. The molecular weight excluding hydrogens is 208 g/mol. The normalized spacial score (nSPS) is 14.7. The minimum absolute atomic E-state index is 0.0470. The zero-order valence-corrected chi connectivity index (χ0v) is 11.3. The number of rotatable bonds is 7. The van der Waals surface area contributed by atoms with Crippen molar-refractivity contribution >= 4 is 15.0 Å². The zero-order chi connectivity index (χ0) is 11.8. The van der Waals surface area contributed by atoms with Crippen molar-refractivity contribution in [2.24, 2.45) is 5.92 Å². The van der Waals surface area contributed by atoms with Gasteiger partial charge in [0.25, 0.3) is 0 Å². The molecule has 15 heavy (non-hydrogen) atoms. The summed E-state index contributed by atoms with van der Waals surface area (Å²) >= 11 is 0. The molecule has 4 heteroatoms. The third-order valence-corrected chi connectivity index (χ3v) is 4.43. The van der Waals surface area contributed by atoms with Crippen LogP contribution in [0.1, 0.15) is 27.2 Å². The van der Waals surface area contributed by atoms with E-state index in [1.807, 2.05) is 6.92 Å². The summed E-state index contributed by atoms with van der Waals surface area (Å²) in [6.45, 7) is 12.4. The van der Waals surface area contributed by atoms with E-state index in [4.69, 9.17) is 9.16 Å². The summed E-state index contributed by atoms with van der Waals surface area (Å²) < 4.78 is 11.0. The Balaban J connectivity index is 4.03. The van der Waals surface area contributed by atoms with Crippen LogP contribution in [0.5, 0.6) is 0 Å². The van der Waals surface area contributed by atoms with Crippen molar-refractivity contribution in [2.75, 3.05) is 6.61 Å². The lowest BCUT2D eigenvalue weighted by atomic mass is 10.2. The average Bonchev–Trinajstić information content (AvgIpc) is 2.21. The molecule has 0 N–H and O–H groups in total. The molecule has 0 fully saturated rings. The van der Waals surface area contributed by atoms with Crippen molar-refractivity contribution in [3.05, 3.63) is 12.7 Å². The Morgan fingerprint density at radius 1 is 1.53 bits per heavy atom. The number of carbonyl (C=O) groups excluding carboxylic acids is 1. The summed E-state index contributed by atoms with van der Waals surface area (Å²) in [4.78, 5) is 11.1. The topological polar surface area (TPSA) is 35.5 Å². The Morgan fingerprint density at radius 3 is 2.53 bits per heavy atom. The third kappa shape index (κ3) is 6.46. The Hall–Kier alpha value is -0.613. The van der Waals surface area contributed by atoms with E-state index >= 15 is 0 Å². The summed E-state index contributed by atoms with van der Waals surface area (Å²) in [5.41, 5.74) is -0.0470. The second-order valence-corrected chi connectivity index (χ2v) is 6.51. The monoisotopic (exact) mass is 230 g/mol. The first-order valence-corrected chi connectivity index (χ1v) is 7.75. The number of hydrogen-bond acceptors (Lipinski definition) is 3. The Labute approximate surface area is 94.2 Å². The summed E-state index contributed by atoms with van der Waals surface area (Å²) in [5, 5.41) is 0. The molecule has 2 atom stereocenters. The fraction of sp³-hybridized carbons (Fsp3) is 0.727. The summed E-state index contributed by atoms with van der Waals surface area (Å²) in [5.74, 6) is 0.168. The van der Waals surface area contributed by atoms with Gasteiger partial charge in [0.1, 0.15) is 5.73 Å². The van der Waals surface area contributed by atoms with Crippen molar-refractivity contribution in [1.29, 1.82) is 0 Å². The predicted molar refractivity (Wildman–Crippen MR) is 64.2 cm³/mol. The van der Waals surface area contributed by atoms with Crippen molar-refractivity contribution in [2.45, 2.75) is 39.5 Å². The lowest BCUT2D eigenvalue weighted by Gasteiger charge is -2.22. The molecule has 0 spiro atoms. The van der Waals surface area contributed by atoms with Crippen LogP contribution in [0, 0.1) is 5.92 Å². The summed E-state index contributed by atoms with van der Waals surface area (Å²) in [6, 6.07) is 0. The Kier molecular flexibility index (Phi) is 7.34. The van der Waals surface area contributed by atoms with E-state index in [-0.39, 0.29) is 11.7 Å². The summed E-state index contributed by atoms with van der Waals surface area (Å²) in [7, 11) is -1.43. The Bertz CT molecular complexity index is 204. The van der Waals surface area contributed by atoms with Crippen molar-refractivity contribution in [3.63, 3.8) is 0 Å². The van der Waals surface area contributed by atoms with Gasteiger partial charge in [0.15, 0.2) is 0 Å². The smallest absolute Gasteiger partial charge is 0.330 e. The maximum absolute atomic E-state index is 11.1. The van der Waals surface area contributed by atoms with Gasteiger partial charge in [-0.1, -0.05) is 27.4 Å². The van der Waals surface area contributed by atoms with Crippen LogP contribution in [0.25, 0.3) is 0 Å². The van der Waals surface area contributed by atoms with Crippen LogP contribution in [0.3, 0.4) is 0 Å². The molecule has 88 valence electrons. The largest absolute Gasteiger partial charge is 0.460 e. The first kappa shape index (κ1) is 14.4. The van der Waals surface area contributed by atoms with Gasteiger partial charge < -0.3 is 9.16 Å². The van der Waals surface area contributed by atoms with Crippen LogP contribution in [0.2, 0.25) is 6.55 Å². The molecule has 0 heterocycles. The highest BCUT2D eigenvalue weighted by Gasteiger charge is 2.21. The minimum Gasteiger partial charge on any atom is -0.460 e. The van der Waals surface area contributed by atoms with E-state index in [9.17, 15) is 4.79 Å². The van der Waals surface area contributed by atoms with Gasteiger partial charge in [0.2, 0.25) is 9.04 Å². The molecule has 0 aliphatic carbocycles. The molecule has 0 rings (SSSR count). The molecule has 0 aromatic heterocycles. The molecule has 3 nitrogen and oxygen atoms in total. The van der Waals surface area contributed by atoms with Gasteiger partial charge in [-0.05, 0) is 18.9 Å². The highest BCUT2D eigenvalue weighted by atomic mass is 28.3. The molecule has 0 aromatic rings. The molecule has 0 radical (unpaired) electrons. The minimum atomic E-state index is -1.43. The molecule has 2 unspecified atom stereocenters. The van der Waals surface area contributed by atoms with Crippen LogP contribution in [0.15, 0.2) is 12.7 Å². The zero-order valence-electron chi connectivity index (χ0n) is 10.2. The van der Waals surface area contributed by atoms with Crippen molar-refractivity contribution in [1.82, 2.24) is 0 Å². The number of esters is 1. The van der Waals surface area contributed by atoms with Crippen molar-refractivity contribution < 1.29 is 14.0 Å². The van der Waals surface area contributed by atoms with Gasteiger partial charge in [-0.3, -0.25) is 0 Å².